The van der Waals surface area contributed by atoms with E-state index in [0.29, 0.717) is 12.5 Å². The second-order valence-corrected chi connectivity index (χ2v) is 3.14. The van der Waals surface area contributed by atoms with Crippen molar-refractivity contribution in [1.82, 2.24) is 0 Å². The fraction of sp³-hybridized carbons (Fsp3) is 1.00. The van der Waals surface area contributed by atoms with Gasteiger partial charge in [0.25, 0.3) is 0 Å². The van der Waals surface area contributed by atoms with Gasteiger partial charge in [0, 0.05) is 5.92 Å². The Bertz CT molecular complexity index is 121. The summed E-state index contributed by atoms with van der Waals surface area (Å²) in [5, 5.41) is 9.27. The molecule has 3 heteroatoms. The zero-order valence-electron chi connectivity index (χ0n) is 5.99. The quantitative estimate of drug-likeness (QED) is 0.511. The highest BCUT2D eigenvalue weighted by Crippen LogP contribution is 2.30. The van der Waals surface area contributed by atoms with Gasteiger partial charge in [0.15, 0.2) is 0 Å². The smallest absolute Gasteiger partial charge is 0.112 e. The number of aliphatic hydroxyl groups is 1. The number of hydrogen-bond acceptors (Lipinski definition) is 3. The van der Waals surface area contributed by atoms with E-state index in [4.69, 9.17) is 9.47 Å². The maximum atomic E-state index is 9.27. The van der Waals surface area contributed by atoms with Gasteiger partial charge in [0.05, 0.1) is 19.3 Å². The van der Waals surface area contributed by atoms with Crippen molar-refractivity contribution in [3.8, 4) is 0 Å². The van der Waals surface area contributed by atoms with Gasteiger partial charge in [-0.25, -0.2) is 0 Å². The first kappa shape index (κ1) is 6.58. The van der Waals surface area contributed by atoms with Gasteiger partial charge in [0.1, 0.15) is 12.2 Å². The Hall–Kier alpha value is -0.120. The maximum Gasteiger partial charge on any atom is 0.112 e. The van der Waals surface area contributed by atoms with Crippen LogP contribution in [0.3, 0.4) is 0 Å². The van der Waals surface area contributed by atoms with Crippen LogP contribution in [0.15, 0.2) is 0 Å². The molecule has 0 spiro atoms. The van der Waals surface area contributed by atoms with E-state index in [1.54, 1.807) is 0 Å². The van der Waals surface area contributed by atoms with Crippen LogP contribution in [0.25, 0.3) is 0 Å². The molecule has 0 aromatic rings. The average Bonchev–Trinajstić information content (AvgIpc) is 2.41. The van der Waals surface area contributed by atoms with E-state index < -0.39 is 6.10 Å². The molecule has 2 rings (SSSR count). The molecule has 3 nitrogen and oxygen atoms in total. The number of aliphatic hydroxyl groups excluding tert-OH is 1. The number of ether oxygens (including phenoxy) is 2. The molecule has 0 aliphatic carbocycles. The number of rotatable bonds is 0. The van der Waals surface area contributed by atoms with Crippen LogP contribution in [0.1, 0.15) is 6.92 Å². The third-order valence-corrected chi connectivity index (χ3v) is 2.27. The van der Waals surface area contributed by atoms with E-state index in [2.05, 4.69) is 6.92 Å². The molecule has 2 saturated heterocycles. The van der Waals surface area contributed by atoms with Crippen LogP contribution < -0.4 is 0 Å². The lowest BCUT2D eigenvalue weighted by Crippen LogP contribution is -2.28. The van der Waals surface area contributed by atoms with Crippen molar-refractivity contribution in [1.29, 1.82) is 0 Å². The second kappa shape index (κ2) is 2.19. The summed E-state index contributed by atoms with van der Waals surface area (Å²) in [6.45, 7) is 3.26. The van der Waals surface area contributed by atoms with Gasteiger partial charge in [0.2, 0.25) is 0 Å². The Kier molecular flexibility index (Phi) is 1.44. The first-order valence-electron chi connectivity index (χ1n) is 3.70. The molecule has 0 bridgehead atoms. The zero-order valence-corrected chi connectivity index (χ0v) is 5.99. The van der Waals surface area contributed by atoms with Crippen LogP contribution in [0.5, 0.6) is 0 Å². The van der Waals surface area contributed by atoms with E-state index in [0.717, 1.165) is 6.61 Å². The third kappa shape index (κ3) is 0.779. The standard InChI is InChI=1S/C7H12O3/c1-4-2-9-7-5(8)3-10-6(4)7/h4-8H,2-3H2,1H3/t4?,5?,6?,7-/m1/s1. The fourth-order valence-corrected chi connectivity index (χ4v) is 1.67. The van der Waals surface area contributed by atoms with Crippen molar-refractivity contribution in [2.45, 2.75) is 25.2 Å². The van der Waals surface area contributed by atoms with Gasteiger partial charge in [-0.2, -0.15) is 0 Å². The average molecular weight is 144 g/mol. The summed E-state index contributed by atoms with van der Waals surface area (Å²) in [4.78, 5) is 0. The Morgan fingerprint density at radius 3 is 2.60 bits per heavy atom. The van der Waals surface area contributed by atoms with Gasteiger partial charge < -0.3 is 14.6 Å². The van der Waals surface area contributed by atoms with Gasteiger partial charge >= 0.3 is 0 Å². The molecule has 0 saturated carbocycles. The highest BCUT2D eigenvalue weighted by molar-refractivity contribution is 4.92. The fourth-order valence-electron chi connectivity index (χ4n) is 1.67. The van der Waals surface area contributed by atoms with Crippen molar-refractivity contribution in [2.24, 2.45) is 5.92 Å². The first-order valence-corrected chi connectivity index (χ1v) is 3.70. The van der Waals surface area contributed by atoms with Crippen molar-refractivity contribution in [2.75, 3.05) is 13.2 Å². The summed E-state index contributed by atoms with van der Waals surface area (Å²) in [6.07, 6.45) is -0.292. The van der Waals surface area contributed by atoms with E-state index >= 15 is 0 Å². The molecule has 2 aliphatic heterocycles. The van der Waals surface area contributed by atoms with E-state index in [1.165, 1.54) is 0 Å². The van der Waals surface area contributed by atoms with E-state index in [1.807, 2.05) is 0 Å². The molecule has 3 unspecified atom stereocenters. The van der Waals surface area contributed by atoms with Gasteiger partial charge in [-0.1, -0.05) is 6.92 Å². The monoisotopic (exact) mass is 144 g/mol. The predicted octanol–water partition coefficient (Wildman–Crippen LogP) is -0.219. The Labute approximate surface area is 59.9 Å². The minimum atomic E-state index is -0.394. The van der Waals surface area contributed by atoms with E-state index in [-0.39, 0.29) is 12.2 Å². The first-order chi connectivity index (χ1) is 4.79. The summed E-state index contributed by atoms with van der Waals surface area (Å²) >= 11 is 0. The topological polar surface area (TPSA) is 38.7 Å². The lowest BCUT2D eigenvalue weighted by atomic mass is 10.0. The molecular weight excluding hydrogens is 132 g/mol. The minimum Gasteiger partial charge on any atom is -0.388 e. The van der Waals surface area contributed by atoms with Crippen LogP contribution in [0.2, 0.25) is 0 Å². The molecule has 0 radical (unpaired) electrons. The lowest BCUT2D eigenvalue weighted by molar-refractivity contribution is 0.0173. The van der Waals surface area contributed by atoms with Crippen LogP contribution in [-0.2, 0) is 9.47 Å². The van der Waals surface area contributed by atoms with Crippen LogP contribution in [0.4, 0.5) is 0 Å². The summed E-state index contributed by atoms with van der Waals surface area (Å²) < 4.78 is 10.7. The predicted molar refractivity (Wildman–Crippen MR) is 34.7 cm³/mol. The molecule has 10 heavy (non-hydrogen) atoms. The zero-order chi connectivity index (χ0) is 7.14. The largest absolute Gasteiger partial charge is 0.388 e. The number of hydrogen-bond donors (Lipinski definition) is 1. The second-order valence-electron chi connectivity index (χ2n) is 3.14. The van der Waals surface area contributed by atoms with Crippen LogP contribution in [-0.4, -0.2) is 36.6 Å². The molecule has 0 amide bonds. The van der Waals surface area contributed by atoms with Crippen LogP contribution in [0, 0.1) is 5.92 Å². The van der Waals surface area contributed by atoms with Gasteiger partial charge in [-0.3, -0.25) is 0 Å². The molecule has 2 fully saturated rings. The van der Waals surface area contributed by atoms with Gasteiger partial charge in [-0.15, -0.1) is 0 Å². The van der Waals surface area contributed by atoms with Crippen molar-refractivity contribution in [3.05, 3.63) is 0 Å². The highest BCUT2D eigenvalue weighted by Gasteiger charge is 2.44. The van der Waals surface area contributed by atoms with Crippen molar-refractivity contribution >= 4 is 0 Å². The molecular formula is C7H12O3. The van der Waals surface area contributed by atoms with Crippen molar-refractivity contribution < 1.29 is 14.6 Å². The number of fused-ring (bicyclic) bond motifs is 1. The SMILES string of the molecule is CC1CO[C@@H]2C(O)COC12. The Morgan fingerprint density at radius 2 is 1.90 bits per heavy atom. The molecule has 0 aromatic carbocycles. The Balaban J connectivity index is 2.09. The van der Waals surface area contributed by atoms with Crippen molar-refractivity contribution in [3.63, 3.8) is 0 Å². The molecule has 0 aromatic heterocycles. The highest BCUT2D eigenvalue weighted by atomic mass is 16.6. The minimum absolute atomic E-state index is 0.0463. The third-order valence-electron chi connectivity index (χ3n) is 2.27. The van der Waals surface area contributed by atoms with E-state index in [9.17, 15) is 5.11 Å². The lowest BCUT2D eigenvalue weighted by Gasteiger charge is -2.10. The molecule has 4 atom stereocenters. The molecule has 58 valence electrons. The Morgan fingerprint density at radius 1 is 1.20 bits per heavy atom. The van der Waals surface area contributed by atoms with Gasteiger partial charge in [-0.05, 0) is 0 Å². The summed E-state index contributed by atoms with van der Waals surface area (Å²) in [5.74, 6) is 0.446. The summed E-state index contributed by atoms with van der Waals surface area (Å²) in [6, 6.07) is 0. The van der Waals surface area contributed by atoms with Crippen LogP contribution >= 0.6 is 0 Å². The summed E-state index contributed by atoms with van der Waals surface area (Å²) in [5.41, 5.74) is 0. The normalized spacial score (nSPS) is 53.4. The maximum absolute atomic E-state index is 9.27. The molecule has 2 aliphatic rings. The summed E-state index contributed by atoms with van der Waals surface area (Å²) in [7, 11) is 0. The molecule has 1 N–H and O–H groups in total. The molecule has 2 heterocycles.